The fraction of sp³-hybridized carbons (Fsp3) is 0.579. The zero-order valence-corrected chi connectivity index (χ0v) is 14.7. The van der Waals surface area contributed by atoms with E-state index in [0.717, 1.165) is 5.56 Å². The minimum absolute atomic E-state index is 0.0434. The van der Waals surface area contributed by atoms with Crippen molar-refractivity contribution in [2.24, 2.45) is 10.8 Å². The zero-order valence-electron chi connectivity index (χ0n) is 14.7. The van der Waals surface area contributed by atoms with Gasteiger partial charge in [0.05, 0.1) is 23.5 Å². The molecule has 4 atom stereocenters. The van der Waals surface area contributed by atoms with Crippen molar-refractivity contribution in [3.8, 4) is 6.07 Å². The van der Waals surface area contributed by atoms with Gasteiger partial charge >= 0.3 is 5.97 Å². The third-order valence-corrected chi connectivity index (χ3v) is 5.40. The second kappa shape index (κ2) is 6.33. The van der Waals surface area contributed by atoms with Crippen molar-refractivity contribution in [2.45, 2.75) is 39.2 Å². The molecule has 0 radical (unpaired) electrons. The maximum Gasteiger partial charge on any atom is 0.313 e. The Morgan fingerprint density at radius 3 is 2.48 bits per heavy atom. The molecule has 1 saturated carbocycles. The predicted molar refractivity (Wildman–Crippen MR) is 89.7 cm³/mol. The molecule has 1 aromatic carbocycles. The molecule has 0 N–H and O–H groups in total. The molecule has 1 fully saturated rings. The lowest BCUT2D eigenvalue weighted by Gasteiger charge is -2.35. The van der Waals surface area contributed by atoms with Crippen LogP contribution in [0.5, 0.6) is 0 Å². The quantitative estimate of drug-likeness (QED) is 0.757. The van der Waals surface area contributed by atoms with Crippen LogP contribution in [0.25, 0.3) is 0 Å². The third-order valence-electron chi connectivity index (χ3n) is 5.40. The molecule has 1 aliphatic carbocycles. The number of ether oxygens (including phenoxy) is 1. The van der Waals surface area contributed by atoms with Crippen LogP contribution in [0.4, 0.5) is 0 Å². The number of hydrogen-bond donors (Lipinski definition) is 0. The summed E-state index contributed by atoms with van der Waals surface area (Å²) in [6, 6.07) is 12.7. The summed E-state index contributed by atoms with van der Waals surface area (Å²) in [6.45, 7) is 6.12. The van der Waals surface area contributed by atoms with Gasteiger partial charge < -0.3 is 9.64 Å². The van der Waals surface area contributed by atoms with Gasteiger partial charge in [-0.1, -0.05) is 30.3 Å². The lowest BCUT2D eigenvalue weighted by molar-refractivity contribution is -0.150. The van der Waals surface area contributed by atoms with E-state index < -0.39 is 10.8 Å². The molecule has 2 rings (SSSR count). The number of esters is 1. The van der Waals surface area contributed by atoms with Gasteiger partial charge in [0.25, 0.3) is 0 Å². The van der Waals surface area contributed by atoms with Crippen LogP contribution in [-0.4, -0.2) is 37.6 Å². The monoisotopic (exact) mass is 314 g/mol. The van der Waals surface area contributed by atoms with Gasteiger partial charge in [0, 0.05) is 12.0 Å². The summed E-state index contributed by atoms with van der Waals surface area (Å²) in [7, 11) is 4.02. The zero-order chi connectivity index (χ0) is 17.3. The Morgan fingerprint density at radius 2 is 2.00 bits per heavy atom. The average molecular weight is 314 g/mol. The molecule has 0 unspecified atom stereocenters. The number of carbonyl (C=O) groups is 1. The first-order valence-corrected chi connectivity index (χ1v) is 8.14. The molecule has 0 aromatic heterocycles. The van der Waals surface area contributed by atoms with Crippen molar-refractivity contribution in [2.75, 3.05) is 20.7 Å². The van der Waals surface area contributed by atoms with E-state index in [1.165, 1.54) is 0 Å². The molecule has 0 saturated heterocycles. The molecule has 0 amide bonds. The molecule has 0 bridgehead atoms. The summed E-state index contributed by atoms with van der Waals surface area (Å²) < 4.78 is 5.25. The Balaban J connectivity index is 2.47. The van der Waals surface area contributed by atoms with Crippen LogP contribution >= 0.6 is 0 Å². The second-order valence-electron chi connectivity index (χ2n) is 6.91. The minimum Gasteiger partial charge on any atom is -0.466 e. The fourth-order valence-corrected chi connectivity index (χ4v) is 3.68. The normalized spacial score (nSPS) is 28.7. The van der Waals surface area contributed by atoms with E-state index in [2.05, 4.69) is 17.9 Å². The largest absolute Gasteiger partial charge is 0.466 e. The van der Waals surface area contributed by atoms with Crippen molar-refractivity contribution in [1.29, 1.82) is 5.26 Å². The summed E-state index contributed by atoms with van der Waals surface area (Å²) >= 11 is 0. The number of rotatable bonds is 6. The molecule has 0 spiro atoms. The summed E-state index contributed by atoms with van der Waals surface area (Å²) in [5.74, 6) is -0.299. The maximum absolute atomic E-state index is 12.4. The van der Waals surface area contributed by atoms with Gasteiger partial charge in [-0.15, -0.1) is 0 Å². The predicted octanol–water partition coefficient (Wildman–Crippen LogP) is 3.20. The van der Waals surface area contributed by atoms with Crippen LogP contribution in [0.3, 0.4) is 0 Å². The minimum atomic E-state index is -0.734. The van der Waals surface area contributed by atoms with Gasteiger partial charge in [-0.05, 0) is 46.9 Å². The SMILES string of the molecule is CCOC(=O)[C@]1(C)C[C@@]1(C#N)[C@@H](c1ccccc1)[C@H](C)N(C)C. The van der Waals surface area contributed by atoms with E-state index in [1.807, 2.05) is 51.4 Å². The highest BCUT2D eigenvalue weighted by Gasteiger charge is 2.74. The Morgan fingerprint density at radius 1 is 1.39 bits per heavy atom. The molecule has 0 heterocycles. The third kappa shape index (κ3) is 2.74. The van der Waals surface area contributed by atoms with Crippen LogP contribution in [0.1, 0.15) is 38.7 Å². The Kier molecular flexibility index (Phi) is 4.81. The lowest BCUT2D eigenvalue weighted by atomic mass is 9.74. The molecule has 124 valence electrons. The lowest BCUT2D eigenvalue weighted by Crippen LogP contribution is -2.39. The Labute approximate surface area is 139 Å². The molecule has 0 aliphatic heterocycles. The van der Waals surface area contributed by atoms with Gasteiger partial charge in [-0.3, -0.25) is 4.79 Å². The standard InChI is InChI=1S/C19H26N2O2/c1-6-23-17(22)18(3)12-19(18,13-20)16(14(2)21(4)5)15-10-8-7-9-11-15/h7-11,14,16H,6,12H2,1-5H3/t14-,16+,18-,19+/m0/s1. The number of likely N-dealkylation sites (N-methyl/N-ethyl adjacent to an activating group) is 1. The van der Waals surface area contributed by atoms with Crippen molar-refractivity contribution in [3.63, 3.8) is 0 Å². The summed E-state index contributed by atoms with van der Waals surface area (Å²) in [4.78, 5) is 14.6. The average Bonchev–Trinajstić information content (AvgIpc) is 3.16. The van der Waals surface area contributed by atoms with Crippen molar-refractivity contribution in [1.82, 2.24) is 4.90 Å². The molecular formula is C19H26N2O2. The Bertz CT molecular complexity index is 608. The van der Waals surface area contributed by atoms with Gasteiger partial charge in [0.2, 0.25) is 0 Å². The second-order valence-corrected chi connectivity index (χ2v) is 6.91. The van der Waals surface area contributed by atoms with E-state index in [4.69, 9.17) is 4.74 Å². The van der Waals surface area contributed by atoms with Gasteiger partial charge in [-0.2, -0.15) is 5.26 Å². The smallest absolute Gasteiger partial charge is 0.313 e. The van der Waals surface area contributed by atoms with Crippen LogP contribution in [0, 0.1) is 22.2 Å². The first-order chi connectivity index (χ1) is 10.8. The van der Waals surface area contributed by atoms with Crippen LogP contribution in [0.2, 0.25) is 0 Å². The van der Waals surface area contributed by atoms with Gasteiger partial charge in [-0.25, -0.2) is 0 Å². The highest BCUT2D eigenvalue weighted by molar-refractivity contribution is 5.83. The molecule has 1 aliphatic rings. The van der Waals surface area contributed by atoms with Gasteiger partial charge in [0.1, 0.15) is 0 Å². The number of nitrogens with zero attached hydrogens (tertiary/aromatic N) is 2. The molecule has 4 nitrogen and oxygen atoms in total. The number of hydrogen-bond acceptors (Lipinski definition) is 4. The van der Waals surface area contributed by atoms with Crippen LogP contribution in [-0.2, 0) is 9.53 Å². The van der Waals surface area contributed by atoms with Crippen molar-refractivity contribution in [3.05, 3.63) is 35.9 Å². The van der Waals surface area contributed by atoms with E-state index in [-0.39, 0.29) is 17.9 Å². The van der Waals surface area contributed by atoms with E-state index in [1.54, 1.807) is 6.92 Å². The Hall–Kier alpha value is -1.86. The molecule has 23 heavy (non-hydrogen) atoms. The first-order valence-electron chi connectivity index (χ1n) is 8.14. The number of nitriles is 1. The summed E-state index contributed by atoms with van der Waals surface area (Å²) in [5, 5.41) is 10.00. The summed E-state index contributed by atoms with van der Waals surface area (Å²) in [6.07, 6.45) is 0.549. The number of carbonyl (C=O) groups excluding carboxylic acids is 1. The van der Waals surface area contributed by atoms with Crippen LogP contribution < -0.4 is 0 Å². The highest BCUT2D eigenvalue weighted by Crippen LogP contribution is 2.71. The van der Waals surface area contributed by atoms with Crippen molar-refractivity contribution >= 4 is 5.97 Å². The maximum atomic E-state index is 12.4. The summed E-state index contributed by atoms with van der Waals surface area (Å²) in [5.41, 5.74) is -0.351. The molecule has 1 aromatic rings. The first kappa shape index (κ1) is 17.5. The van der Waals surface area contributed by atoms with E-state index >= 15 is 0 Å². The molecule has 4 heteroatoms. The van der Waals surface area contributed by atoms with Crippen LogP contribution in [0.15, 0.2) is 30.3 Å². The van der Waals surface area contributed by atoms with Crippen molar-refractivity contribution < 1.29 is 9.53 Å². The fourth-order valence-electron chi connectivity index (χ4n) is 3.68. The number of benzene rings is 1. The van der Waals surface area contributed by atoms with E-state index in [0.29, 0.717) is 13.0 Å². The molecular weight excluding hydrogens is 288 g/mol. The van der Waals surface area contributed by atoms with Gasteiger partial charge in [0.15, 0.2) is 0 Å². The van der Waals surface area contributed by atoms with E-state index in [9.17, 15) is 10.1 Å². The highest BCUT2D eigenvalue weighted by atomic mass is 16.5. The topological polar surface area (TPSA) is 53.3 Å².